The number of hydrogen-bond donors (Lipinski definition) is 2. The van der Waals surface area contributed by atoms with Gasteiger partial charge < -0.3 is 5.11 Å². The van der Waals surface area contributed by atoms with Crippen LogP contribution in [0.3, 0.4) is 0 Å². The van der Waals surface area contributed by atoms with Gasteiger partial charge in [-0.3, -0.25) is 4.79 Å². The molecule has 0 radical (unpaired) electrons. The number of aliphatic carboxylic acids is 1. The maximum atomic E-state index is 10.7. The number of thiol groups is 1. The lowest BCUT2D eigenvalue weighted by Crippen LogP contribution is -1.94. The van der Waals surface area contributed by atoms with Gasteiger partial charge in [-0.1, -0.05) is 0 Å². The van der Waals surface area contributed by atoms with Gasteiger partial charge in [0.1, 0.15) is 0 Å². The van der Waals surface area contributed by atoms with E-state index in [9.17, 15) is 9.59 Å². The molecule has 0 amide bonds. The Bertz CT molecular complexity index is 269. The SMILES string of the molecule is O=C(O)C1=C[SH](C(=O)Br)C=C1. The van der Waals surface area contributed by atoms with Crippen LogP contribution in [0, 0.1) is 0 Å². The molecule has 0 bridgehead atoms. The van der Waals surface area contributed by atoms with Gasteiger partial charge in [-0.05, 0) is 16.9 Å². The van der Waals surface area contributed by atoms with Crippen LogP contribution in [0.25, 0.3) is 0 Å². The number of carbonyl (C=O) groups excluding carboxylic acids is 1. The third-order valence-corrected chi connectivity index (χ3v) is 3.80. The van der Waals surface area contributed by atoms with Gasteiger partial charge in [0.15, 0.2) is 0 Å². The topological polar surface area (TPSA) is 54.4 Å². The summed E-state index contributed by atoms with van der Waals surface area (Å²) in [5, 5.41) is 11.6. The summed E-state index contributed by atoms with van der Waals surface area (Å²) in [5.41, 5.74) is 0.198. The van der Waals surface area contributed by atoms with E-state index in [0.717, 1.165) is 0 Å². The Hall–Kier alpha value is -0.550. The van der Waals surface area contributed by atoms with E-state index < -0.39 is 16.9 Å². The molecule has 0 spiro atoms. The molecule has 1 heterocycles. The Morgan fingerprint density at radius 1 is 1.55 bits per heavy atom. The summed E-state index contributed by atoms with van der Waals surface area (Å²) in [5.74, 6) is -0.986. The maximum absolute atomic E-state index is 10.7. The van der Waals surface area contributed by atoms with Crippen LogP contribution in [0.5, 0.6) is 0 Å². The molecule has 60 valence electrons. The summed E-state index contributed by atoms with van der Waals surface area (Å²) >= 11 is 2.78. The van der Waals surface area contributed by atoms with E-state index in [2.05, 4.69) is 15.9 Å². The fraction of sp³-hybridized carbons (Fsp3) is 0. The normalized spacial score (nSPS) is 24.8. The standard InChI is InChI=1S/C6H5BrO3S/c7-6(10)11-2-1-4(3-11)5(8)9/h1-3,11H,(H,8,9). The Labute approximate surface area is 74.3 Å². The quantitative estimate of drug-likeness (QED) is 0.541. The van der Waals surface area contributed by atoms with Crippen LogP contribution < -0.4 is 0 Å². The molecule has 0 aliphatic carbocycles. The van der Waals surface area contributed by atoms with E-state index >= 15 is 0 Å². The fourth-order valence-corrected chi connectivity index (χ4v) is 2.42. The minimum Gasteiger partial charge on any atom is -0.478 e. The molecule has 0 aromatic heterocycles. The summed E-state index contributed by atoms with van der Waals surface area (Å²) in [6.07, 6.45) is 1.45. The van der Waals surface area contributed by atoms with Crippen LogP contribution in [0.1, 0.15) is 0 Å². The van der Waals surface area contributed by atoms with Crippen LogP contribution in [0.15, 0.2) is 22.5 Å². The van der Waals surface area contributed by atoms with Crippen molar-refractivity contribution < 1.29 is 14.7 Å². The summed E-state index contributed by atoms with van der Waals surface area (Å²) in [6.45, 7) is 0. The first-order chi connectivity index (χ1) is 5.11. The van der Waals surface area contributed by atoms with Crippen molar-refractivity contribution in [2.75, 3.05) is 0 Å². The molecule has 11 heavy (non-hydrogen) atoms. The molecule has 1 unspecified atom stereocenters. The lowest BCUT2D eigenvalue weighted by Gasteiger charge is -1.98. The predicted octanol–water partition coefficient (Wildman–Crippen LogP) is 2.00. The second-order valence-corrected chi connectivity index (χ2v) is 4.98. The van der Waals surface area contributed by atoms with Crippen molar-refractivity contribution in [3.8, 4) is 0 Å². The number of halogens is 1. The minimum absolute atomic E-state index is 0.153. The van der Waals surface area contributed by atoms with Crippen molar-refractivity contribution in [2.45, 2.75) is 0 Å². The van der Waals surface area contributed by atoms with Crippen LogP contribution in [0.2, 0.25) is 0 Å². The fourth-order valence-electron chi connectivity index (χ4n) is 0.632. The largest absolute Gasteiger partial charge is 0.478 e. The average Bonchev–Trinajstić information content (AvgIpc) is 2.33. The van der Waals surface area contributed by atoms with E-state index in [1.54, 1.807) is 5.41 Å². The molecule has 1 aliphatic heterocycles. The molecule has 5 heteroatoms. The summed E-state index contributed by atoms with van der Waals surface area (Å²) in [4.78, 5) is 21.0. The second-order valence-electron chi connectivity index (χ2n) is 1.87. The van der Waals surface area contributed by atoms with E-state index in [1.807, 2.05) is 0 Å². The highest BCUT2D eigenvalue weighted by atomic mass is 79.9. The molecular weight excluding hydrogens is 232 g/mol. The van der Waals surface area contributed by atoms with Gasteiger partial charge >= 0.3 is 5.97 Å². The first-order valence-electron chi connectivity index (χ1n) is 2.72. The Kier molecular flexibility index (Phi) is 2.51. The van der Waals surface area contributed by atoms with Gasteiger partial charge in [0.2, 0.25) is 4.02 Å². The van der Waals surface area contributed by atoms with E-state index in [1.165, 1.54) is 11.5 Å². The van der Waals surface area contributed by atoms with E-state index in [4.69, 9.17) is 5.11 Å². The number of rotatable bonds is 1. The number of carboxylic acids is 1. The summed E-state index contributed by atoms with van der Waals surface area (Å²) in [7, 11) is -1.02. The third kappa shape index (κ3) is 1.94. The highest BCUT2D eigenvalue weighted by Gasteiger charge is 2.14. The zero-order valence-electron chi connectivity index (χ0n) is 5.32. The highest BCUT2D eigenvalue weighted by Crippen LogP contribution is 2.39. The van der Waals surface area contributed by atoms with Crippen molar-refractivity contribution in [1.82, 2.24) is 0 Å². The molecule has 1 aliphatic rings. The highest BCUT2D eigenvalue weighted by molar-refractivity contribution is 9.22. The molecule has 1 rings (SSSR count). The van der Waals surface area contributed by atoms with Gasteiger partial charge in [0.25, 0.3) is 0 Å². The molecule has 0 aromatic carbocycles. The molecular formula is C6H5BrO3S. The minimum atomic E-state index is -1.02. The monoisotopic (exact) mass is 236 g/mol. The van der Waals surface area contributed by atoms with Gasteiger partial charge in [0, 0.05) is 15.9 Å². The Morgan fingerprint density at radius 2 is 2.18 bits per heavy atom. The molecule has 0 saturated heterocycles. The zero-order valence-corrected chi connectivity index (χ0v) is 7.80. The van der Waals surface area contributed by atoms with Crippen molar-refractivity contribution in [1.29, 1.82) is 0 Å². The smallest absolute Gasteiger partial charge is 0.336 e. The predicted molar refractivity (Wildman–Crippen MR) is 48.2 cm³/mol. The lowest BCUT2D eigenvalue weighted by molar-refractivity contribution is -0.132. The second kappa shape index (κ2) is 3.23. The molecule has 1 atom stereocenters. The molecule has 0 aromatic rings. The Balaban J connectivity index is 2.79. The molecule has 3 nitrogen and oxygen atoms in total. The van der Waals surface area contributed by atoms with Crippen molar-refractivity contribution >= 4 is 36.8 Å². The van der Waals surface area contributed by atoms with Crippen molar-refractivity contribution in [2.24, 2.45) is 0 Å². The lowest BCUT2D eigenvalue weighted by atomic mass is 10.3. The molecule has 0 saturated carbocycles. The van der Waals surface area contributed by atoms with Gasteiger partial charge in [-0.15, -0.1) is 10.9 Å². The van der Waals surface area contributed by atoms with Crippen LogP contribution in [-0.4, -0.2) is 15.1 Å². The number of carboxylic acid groups (broad SMARTS) is 1. The van der Waals surface area contributed by atoms with Crippen molar-refractivity contribution in [3.63, 3.8) is 0 Å². The van der Waals surface area contributed by atoms with Crippen LogP contribution in [-0.2, 0) is 4.79 Å². The Morgan fingerprint density at radius 3 is 2.45 bits per heavy atom. The zero-order chi connectivity index (χ0) is 8.43. The van der Waals surface area contributed by atoms with Crippen molar-refractivity contribution in [3.05, 3.63) is 22.5 Å². The van der Waals surface area contributed by atoms with Crippen LogP contribution in [0.4, 0.5) is 4.79 Å². The van der Waals surface area contributed by atoms with Gasteiger partial charge in [-0.25, -0.2) is 4.79 Å². The maximum Gasteiger partial charge on any atom is 0.336 e. The first-order valence-corrected chi connectivity index (χ1v) is 4.99. The summed E-state index contributed by atoms with van der Waals surface area (Å²) < 4.78 is -0.153. The van der Waals surface area contributed by atoms with E-state index in [-0.39, 0.29) is 9.60 Å². The third-order valence-electron chi connectivity index (χ3n) is 1.14. The molecule has 1 N–H and O–H groups in total. The molecule has 0 fully saturated rings. The van der Waals surface area contributed by atoms with Gasteiger partial charge in [0.05, 0.1) is 5.57 Å². The average molecular weight is 237 g/mol. The summed E-state index contributed by atoms with van der Waals surface area (Å²) in [6, 6.07) is 0. The van der Waals surface area contributed by atoms with Gasteiger partial charge in [-0.2, -0.15) is 0 Å². The van der Waals surface area contributed by atoms with Crippen LogP contribution >= 0.6 is 26.8 Å². The first kappa shape index (κ1) is 8.55. The van der Waals surface area contributed by atoms with E-state index in [0.29, 0.717) is 0 Å². The number of carbonyl (C=O) groups is 2. The number of hydrogen-bond acceptors (Lipinski definition) is 2.